The topological polar surface area (TPSA) is 47.1 Å². The second-order valence-corrected chi connectivity index (χ2v) is 5.91. The number of aromatic nitrogens is 2. The van der Waals surface area contributed by atoms with Gasteiger partial charge in [0.05, 0.1) is 11.0 Å². The summed E-state index contributed by atoms with van der Waals surface area (Å²) in [5, 5.41) is 0. The number of rotatable bonds is 4. The van der Waals surface area contributed by atoms with E-state index in [-0.39, 0.29) is 0 Å². The molecule has 2 heterocycles. The van der Waals surface area contributed by atoms with Crippen LogP contribution in [0.5, 0.6) is 0 Å². The molecular formula is C16H24N4. The number of aryl methyl sites for hydroxylation is 1. The quantitative estimate of drug-likeness (QED) is 0.870. The Morgan fingerprint density at radius 2 is 2.25 bits per heavy atom. The molecule has 0 bridgehead atoms. The molecule has 1 aromatic heterocycles. The van der Waals surface area contributed by atoms with Crippen LogP contribution >= 0.6 is 0 Å². The SMILES string of the molecule is CCCc1nc2cc(N)ccc2n1CC1CCCN1C. The molecule has 2 aromatic rings. The number of benzene rings is 1. The Bertz CT molecular complexity index is 602. The Morgan fingerprint density at radius 1 is 1.40 bits per heavy atom. The molecule has 0 spiro atoms. The molecule has 1 aliphatic rings. The van der Waals surface area contributed by atoms with E-state index >= 15 is 0 Å². The van der Waals surface area contributed by atoms with Gasteiger partial charge in [0, 0.05) is 24.7 Å². The van der Waals surface area contributed by atoms with Gasteiger partial charge in [-0.2, -0.15) is 0 Å². The molecule has 1 aliphatic heterocycles. The normalized spacial score (nSPS) is 20.0. The smallest absolute Gasteiger partial charge is 0.109 e. The minimum absolute atomic E-state index is 0.639. The summed E-state index contributed by atoms with van der Waals surface area (Å²) in [5.41, 5.74) is 8.94. The fourth-order valence-corrected chi connectivity index (χ4v) is 3.24. The number of hydrogen-bond acceptors (Lipinski definition) is 3. The summed E-state index contributed by atoms with van der Waals surface area (Å²) in [7, 11) is 2.23. The minimum Gasteiger partial charge on any atom is -0.399 e. The van der Waals surface area contributed by atoms with Crippen LogP contribution in [0.3, 0.4) is 0 Å². The summed E-state index contributed by atoms with van der Waals surface area (Å²) in [6, 6.07) is 6.73. The van der Waals surface area contributed by atoms with Crippen LogP contribution in [0.25, 0.3) is 11.0 Å². The van der Waals surface area contributed by atoms with Gasteiger partial charge >= 0.3 is 0 Å². The molecule has 108 valence electrons. The van der Waals surface area contributed by atoms with E-state index in [0.29, 0.717) is 6.04 Å². The Kier molecular flexibility index (Phi) is 3.66. The first kappa shape index (κ1) is 13.4. The Hall–Kier alpha value is -1.55. The fraction of sp³-hybridized carbons (Fsp3) is 0.562. The van der Waals surface area contributed by atoms with E-state index in [0.717, 1.165) is 30.6 Å². The van der Waals surface area contributed by atoms with Gasteiger partial charge in [-0.05, 0) is 51.1 Å². The number of fused-ring (bicyclic) bond motifs is 1. The number of hydrogen-bond donors (Lipinski definition) is 1. The van der Waals surface area contributed by atoms with Gasteiger partial charge in [-0.3, -0.25) is 0 Å². The maximum atomic E-state index is 5.89. The fourth-order valence-electron chi connectivity index (χ4n) is 3.24. The van der Waals surface area contributed by atoms with Crippen molar-refractivity contribution in [3.8, 4) is 0 Å². The van der Waals surface area contributed by atoms with Crippen LogP contribution in [0.4, 0.5) is 5.69 Å². The largest absolute Gasteiger partial charge is 0.399 e. The number of likely N-dealkylation sites (N-methyl/N-ethyl adjacent to an activating group) is 1. The van der Waals surface area contributed by atoms with Crippen molar-refractivity contribution in [3.63, 3.8) is 0 Å². The van der Waals surface area contributed by atoms with Crippen LogP contribution in [0.15, 0.2) is 18.2 Å². The summed E-state index contributed by atoms with van der Waals surface area (Å²) in [6.07, 6.45) is 4.75. The first-order chi connectivity index (χ1) is 9.69. The van der Waals surface area contributed by atoms with E-state index in [2.05, 4.69) is 29.5 Å². The second-order valence-electron chi connectivity index (χ2n) is 5.91. The molecule has 2 N–H and O–H groups in total. The van der Waals surface area contributed by atoms with E-state index < -0.39 is 0 Å². The molecule has 4 heteroatoms. The van der Waals surface area contributed by atoms with Crippen LogP contribution < -0.4 is 5.73 Å². The van der Waals surface area contributed by atoms with E-state index in [1.165, 1.54) is 30.7 Å². The number of nitrogens with zero attached hydrogens (tertiary/aromatic N) is 3. The highest BCUT2D eigenvalue weighted by Gasteiger charge is 2.23. The molecule has 0 amide bonds. The van der Waals surface area contributed by atoms with E-state index in [4.69, 9.17) is 10.7 Å². The third-order valence-electron chi connectivity index (χ3n) is 4.39. The third-order valence-corrected chi connectivity index (χ3v) is 4.39. The summed E-state index contributed by atoms with van der Waals surface area (Å²) in [6.45, 7) is 4.47. The van der Waals surface area contributed by atoms with Crippen molar-refractivity contribution in [2.24, 2.45) is 0 Å². The van der Waals surface area contributed by atoms with Crippen molar-refractivity contribution in [2.45, 2.75) is 45.2 Å². The maximum Gasteiger partial charge on any atom is 0.109 e. The molecule has 1 aromatic carbocycles. The van der Waals surface area contributed by atoms with Gasteiger partial charge in [-0.15, -0.1) is 0 Å². The summed E-state index contributed by atoms with van der Waals surface area (Å²) >= 11 is 0. The molecule has 20 heavy (non-hydrogen) atoms. The molecule has 4 nitrogen and oxygen atoms in total. The molecule has 1 saturated heterocycles. The van der Waals surface area contributed by atoms with Crippen molar-refractivity contribution < 1.29 is 0 Å². The minimum atomic E-state index is 0.639. The molecule has 1 unspecified atom stereocenters. The lowest BCUT2D eigenvalue weighted by Gasteiger charge is -2.21. The van der Waals surface area contributed by atoms with Gasteiger partial charge in [0.1, 0.15) is 5.82 Å². The maximum absolute atomic E-state index is 5.89. The first-order valence-corrected chi connectivity index (χ1v) is 7.64. The average Bonchev–Trinajstić information content (AvgIpc) is 2.96. The summed E-state index contributed by atoms with van der Waals surface area (Å²) in [5.74, 6) is 1.20. The van der Waals surface area contributed by atoms with Crippen LogP contribution in [-0.4, -0.2) is 34.1 Å². The van der Waals surface area contributed by atoms with Crippen LogP contribution in [0.2, 0.25) is 0 Å². The van der Waals surface area contributed by atoms with Crippen LogP contribution in [-0.2, 0) is 13.0 Å². The third kappa shape index (κ3) is 2.40. The van der Waals surface area contributed by atoms with Crippen molar-refractivity contribution in [1.82, 2.24) is 14.5 Å². The Morgan fingerprint density at radius 3 is 2.95 bits per heavy atom. The zero-order valence-corrected chi connectivity index (χ0v) is 12.5. The molecule has 0 radical (unpaired) electrons. The number of likely N-dealkylation sites (tertiary alicyclic amines) is 1. The molecule has 1 fully saturated rings. The van der Waals surface area contributed by atoms with Crippen molar-refractivity contribution in [2.75, 3.05) is 19.3 Å². The molecule has 0 aliphatic carbocycles. The van der Waals surface area contributed by atoms with Crippen molar-refractivity contribution >= 4 is 16.7 Å². The average molecular weight is 272 g/mol. The Balaban J connectivity index is 1.99. The highest BCUT2D eigenvalue weighted by Crippen LogP contribution is 2.24. The van der Waals surface area contributed by atoms with Gasteiger partial charge in [0.2, 0.25) is 0 Å². The Labute approximate surface area is 120 Å². The second kappa shape index (κ2) is 5.44. The molecular weight excluding hydrogens is 248 g/mol. The summed E-state index contributed by atoms with van der Waals surface area (Å²) in [4.78, 5) is 7.27. The standard InChI is InChI=1S/C16H24N4/c1-3-5-16-18-14-10-12(17)7-8-15(14)20(16)11-13-6-4-9-19(13)2/h7-8,10,13H,3-6,9,11,17H2,1-2H3. The first-order valence-electron chi connectivity index (χ1n) is 7.64. The van der Waals surface area contributed by atoms with E-state index in [9.17, 15) is 0 Å². The number of nitrogen functional groups attached to an aromatic ring is 1. The van der Waals surface area contributed by atoms with Gasteiger partial charge in [-0.1, -0.05) is 6.92 Å². The molecule has 1 atom stereocenters. The van der Waals surface area contributed by atoms with Crippen molar-refractivity contribution in [3.05, 3.63) is 24.0 Å². The van der Waals surface area contributed by atoms with Gasteiger partial charge in [-0.25, -0.2) is 4.98 Å². The van der Waals surface area contributed by atoms with Gasteiger partial charge < -0.3 is 15.2 Å². The lowest BCUT2D eigenvalue weighted by molar-refractivity contribution is 0.282. The molecule has 0 saturated carbocycles. The number of anilines is 1. The highest BCUT2D eigenvalue weighted by molar-refractivity contribution is 5.79. The van der Waals surface area contributed by atoms with E-state index in [1.807, 2.05) is 12.1 Å². The van der Waals surface area contributed by atoms with Crippen LogP contribution in [0.1, 0.15) is 32.0 Å². The summed E-state index contributed by atoms with van der Waals surface area (Å²) < 4.78 is 2.41. The number of imidazole rings is 1. The van der Waals surface area contributed by atoms with Gasteiger partial charge in [0.15, 0.2) is 0 Å². The predicted molar refractivity (Wildman–Crippen MR) is 83.8 cm³/mol. The zero-order chi connectivity index (χ0) is 14.1. The van der Waals surface area contributed by atoms with E-state index in [1.54, 1.807) is 0 Å². The monoisotopic (exact) mass is 272 g/mol. The lowest BCUT2D eigenvalue weighted by Crippen LogP contribution is -2.29. The number of nitrogens with two attached hydrogens (primary N) is 1. The zero-order valence-electron chi connectivity index (χ0n) is 12.5. The highest BCUT2D eigenvalue weighted by atomic mass is 15.2. The van der Waals surface area contributed by atoms with Gasteiger partial charge in [0.25, 0.3) is 0 Å². The van der Waals surface area contributed by atoms with Crippen LogP contribution in [0, 0.1) is 0 Å². The predicted octanol–water partition coefficient (Wildman–Crippen LogP) is 2.67. The molecule has 3 rings (SSSR count). The lowest BCUT2D eigenvalue weighted by atomic mass is 10.2. The van der Waals surface area contributed by atoms with Crippen molar-refractivity contribution in [1.29, 1.82) is 0 Å².